The number of anilines is 2. The van der Waals surface area contributed by atoms with E-state index in [9.17, 15) is 4.79 Å². The molecule has 1 fully saturated rings. The van der Waals surface area contributed by atoms with Crippen molar-refractivity contribution in [2.45, 2.75) is 26.2 Å². The van der Waals surface area contributed by atoms with Gasteiger partial charge in [0.25, 0.3) is 5.91 Å². The molecule has 0 radical (unpaired) electrons. The summed E-state index contributed by atoms with van der Waals surface area (Å²) in [6.07, 6.45) is 6.74. The Balaban J connectivity index is 1.50. The summed E-state index contributed by atoms with van der Waals surface area (Å²) in [5.74, 6) is 0.599. The van der Waals surface area contributed by atoms with E-state index in [4.69, 9.17) is 0 Å². The molecule has 6 nitrogen and oxygen atoms in total. The lowest BCUT2D eigenvalue weighted by atomic mass is 10.2. The van der Waals surface area contributed by atoms with Crippen molar-refractivity contribution in [1.82, 2.24) is 14.9 Å². The fraction of sp³-hybridized carbons (Fsp3) is 0.450. The van der Waals surface area contributed by atoms with E-state index in [2.05, 4.69) is 39.2 Å². The number of hydrogen-bond donors (Lipinski definition) is 1. The maximum atomic E-state index is 12.7. The number of benzene rings is 1. The van der Waals surface area contributed by atoms with Gasteiger partial charge in [-0.3, -0.25) is 4.79 Å². The van der Waals surface area contributed by atoms with Crippen molar-refractivity contribution in [2.75, 3.05) is 42.9 Å². The van der Waals surface area contributed by atoms with Crippen molar-refractivity contribution >= 4 is 17.5 Å². The van der Waals surface area contributed by atoms with Gasteiger partial charge in [-0.05, 0) is 18.6 Å². The Morgan fingerprint density at radius 1 is 1.04 bits per heavy atom. The molecule has 0 spiro atoms. The Labute approximate surface area is 155 Å². The highest BCUT2D eigenvalue weighted by molar-refractivity contribution is 5.93. The molecule has 6 heteroatoms. The summed E-state index contributed by atoms with van der Waals surface area (Å²) in [5.41, 5.74) is 1.76. The van der Waals surface area contributed by atoms with Gasteiger partial charge in [-0.25, -0.2) is 9.97 Å². The van der Waals surface area contributed by atoms with E-state index in [1.54, 1.807) is 12.4 Å². The molecule has 1 aliphatic heterocycles. The van der Waals surface area contributed by atoms with E-state index < -0.39 is 0 Å². The molecular weight excluding hydrogens is 326 g/mol. The van der Waals surface area contributed by atoms with E-state index >= 15 is 0 Å². The molecule has 3 rings (SSSR count). The number of carbonyl (C=O) groups excluding carboxylic acids is 1. The highest BCUT2D eigenvalue weighted by Crippen LogP contribution is 2.16. The van der Waals surface area contributed by atoms with Gasteiger partial charge in [-0.2, -0.15) is 0 Å². The van der Waals surface area contributed by atoms with Crippen LogP contribution >= 0.6 is 0 Å². The van der Waals surface area contributed by atoms with Gasteiger partial charge in [-0.15, -0.1) is 0 Å². The van der Waals surface area contributed by atoms with Crippen molar-refractivity contribution in [3.05, 3.63) is 48.3 Å². The average molecular weight is 353 g/mol. The van der Waals surface area contributed by atoms with Crippen LogP contribution < -0.4 is 10.2 Å². The van der Waals surface area contributed by atoms with Gasteiger partial charge in [0, 0.05) is 50.8 Å². The van der Waals surface area contributed by atoms with E-state index in [0.29, 0.717) is 24.6 Å². The first-order chi connectivity index (χ1) is 12.8. The molecule has 1 amide bonds. The minimum atomic E-state index is 0.00949. The second kappa shape index (κ2) is 9.17. The van der Waals surface area contributed by atoms with Gasteiger partial charge in [0.15, 0.2) is 0 Å². The minimum Gasteiger partial charge on any atom is -0.368 e. The van der Waals surface area contributed by atoms with Crippen molar-refractivity contribution in [1.29, 1.82) is 0 Å². The van der Waals surface area contributed by atoms with Gasteiger partial charge in [0.1, 0.15) is 0 Å². The quantitative estimate of drug-likeness (QED) is 0.775. The summed E-state index contributed by atoms with van der Waals surface area (Å²) in [7, 11) is 0. The lowest BCUT2D eigenvalue weighted by Crippen LogP contribution is -2.48. The molecule has 1 saturated heterocycles. The first kappa shape index (κ1) is 18.2. The van der Waals surface area contributed by atoms with E-state index in [1.165, 1.54) is 18.5 Å². The third-order valence-electron chi connectivity index (χ3n) is 4.65. The fourth-order valence-electron chi connectivity index (χ4n) is 3.09. The number of carbonyl (C=O) groups is 1. The van der Waals surface area contributed by atoms with Gasteiger partial charge in [0.05, 0.1) is 5.56 Å². The number of piperazine rings is 1. The summed E-state index contributed by atoms with van der Waals surface area (Å²) in [5, 5.41) is 3.20. The lowest BCUT2D eigenvalue weighted by molar-refractivity contribution is 0.0746. The van der Waals surface area contributed by atoms with Crippen LogP contribution in [0, 0.1) is 0 Å². The van der Waals surface area contributed by atoms with Gasteiger partial charge in [-0.1, -0.05) is 38.0 Å². The summed E-state index contributed by atoms with van der Waals surface area (Å²) < 4.78 is 0. The van der Waals surface area contributed by atoms with E-state index in [0.717, 1.165) is 26.1 Å². The molecule has 0 atom stereocenters. The largest absolute Gasteiger partial charge is 0.368 e. The number of nitrogens with zero attached hydrogens (tertiary/aromatic N) is 4. The van der Waals surface area contributed by atoms with Crippen LogP contribution in [0.15, 0.2) is 42.7 Å². The van der Waals surface area contributed by atoms with Crippen LogP contribution in [0.3, 0.4) is 0 Å². The van der Waals surface area contributed by atoms with Crippen molar-refractivity contribution in [3.63, 3.8) is 0 Å². The summed E-state index contributed by atoms with van der Waals surface area (Å²) in [6, 6.07) is 10.3. The molecule has 26 heavy (non-hydrogen) atoms. The normalized spacial score (nSPS) is 14.3. The zero-order valence-corrected chi connectivity index (χ0v) is 15.4. The van der Waals surface area contributed by atoms with Gasteiger partial charge >= 0.3 is 0 Å². The highest BCUT2D eigenvalue weighted by Gasteiger charge is 2.22. The zero-order chi connectivity index (χ0) is 18.2. The maximum Gasteiger partial charge on any atom is 0.257 e. The maximum absolute atomic E-state index is 12.7. The molecule has 2 heterocycles. The lowest BCUT2D eigenvalue weighted by Gasteiger charge is -2.36. The number of unbranched alkanes of at least 4 members (excludes halogenated alkanes) is 2. The predicted octanol–water partition coefficient (Wildman–Crippen LogP) is 3.04. The summed E-state index contributed by atoms with van der Waals surface area (Å²) in [6.45, 7) is 6.15. The van der Waals surface area contributed by atoms with Gasteiger partial charge in [0.2, 0.25) is 5.95 Å². The number of nitrogens with one attached hydrogen (secondary N) is 1. The minimum absolute atomic E-state index is 0.00949. The van der Waals surface area contributed by atoms with Crippen LogP contribution in [0.2, 0.25) is 0 Å². The second-order valence-corrected chi connectivity index (χ2v) is 6.54. The number of rotatable bonds is 7. The number of para-hydroxylation sites is 1. The Hall–Kier alpha value is -2.63. The van der Waals surface area contributed by atoms with Crippen molar-refractivity contribution < 1.29 is 4.79 Å². The molecule has 1 aromatic heterocycles. The Bertz CT molecular complexity index is 681. The predicted molar refractivity (Wildman–Crippen MR) is 105 cm³/mol. The average Bonchev–Trinajstić information content (AvgIpc) is 2.72. The molecule has 138 valence electrons. The molecule has 0 bridgehead atoms. The molecule has 1 aromatic carbocycles. The molecule has 0 aliphatic carbocycles. The molecule has 1 aliphatic rings. The third-order valence-corrected chi connectivity index (χ3v) is 4.65. The first-order valence-electron chi connectivity index (χ1n) is 9.43. The Morgan fingerprint density at radius 3 is 2.38 bits per heavy atom. The van der Waals surface area contributed by atoms with Crippen molar-refractivity contribution in [2.24, 2.45) is 0 Å². The highest BCUT2D eigenvalue weighted by atomic mass is 16.2. The van der Waals surface area contributed by atoms with Crippen LogP contribution in [-0.2, 0) is 0 Å². The number of amides is 1. The molecular formula is C20H27N5O. The molecule has 0 unspecified atom stereocenters. The second-order valence-electron chi connectivity index (χ2n) is 6.54. The summed E-state index contributed by atoms with van der Waals surface area (Å²) in [4.78, 5) is 25.4. The third kappa shape index (κ3) is 4.71. The van der Waals surface area contributed by atoms with Crippen LogP contribution in [0.5, 0.6) is 0 Å². The molecule has 1 N–H and O–H groups in total. The zero-order valence-electron chi connectivity index (χ0n) is 15.4. The number of aromatic nitrogens is 2. The topological polar surface area (TPSA) is 61.4 Å². The first-order valence-corrected chi connectivity index (χ1v) is 9.43. The van der Waals surface area contributed by atoms with Crippen LogP contribution in [0.1, 0.15) is 36.5 Å². The van der Waals surface area contributed by atoms with E-state index in [1.807, 2.05) is 23.1 Å². The Morgan fingerprint density at radius 2 is 1.73 bits per heavy atom. The smallest absolute Gasteiger partial charge is 0.257 e. The summed E-state index contributed by atoms with van der Waals surface area (Å²) >= 11 is 0. The molecule has 0 saturated carbocycles. The van der Waals surface area contributed by atoms with E-state index in [-0.39, 0.29) is 5.91 Å². The van der Waals surface area contributed by atoms with Crippen molar-refractivity contribution in [3.8, 4) is 0 Å². The van der Waals surface area contributed by atoms with Crippen LogP contribution in [-0.4, -0.2) is 53.5 Å². The fourth-order valence-corrected chi connectivity index (χ4v) is 3.09. The number of hydrogen-bond acceptors (Lipinski definition) is 5. The molecule has 2 aromatic rings. The van der Waals surface area contributed by atoms with Crippen LogP contribution in [0.25, 0.3) is 0 Å². The monoisotopic (exact) mass is 353 g/mol. The SMILES string of the molecule is CCCCCNc1ncc(C(=O)N2CCN(c3ccccc3)CC2)cn1. The standard InChI is InChI=1S/C20H27N5O/c1-2-3-7-10-21-20-22-15-17(16-23-20)19(26)25-13-11-24(12-14-25)18-8-5-4-6-9-18/h4-6,8-9,15-16H,2-3,7,10-14H2,1H3,(H,21,22,23). The van der Waals surface area contributed by atoms with Crippen LogP contribution in [0.4, 0.5) is 11.6 Å². The van der Waals surface area contributed by atoms with Gasteiger partial charge < -0.3 is 15.1 Å². The Kier molecular flexibility index (Phi) is 6.41.